The van der Waals surface area contributed by atoms with Crippen LogP contribution in [-0.4, -0.2) is 54.7 Å². The van der Waals surface area contributed by atoms with Gasteiger partial charge in [0.1, 0.15) is 5.60 Å². The third kappa shape index (κ3) is 4.34. The summed E-state index contributed by atoms with van der Waals surface area (Å²) >= 11 is 0. The molecule has 4 aliphatic carbocycles. The lowest BCUT2D eigenvalue weighted by molar-refractivity contribution is -0.203. The summed E-state index contributed by atoms with van der Waals surface area (Å²) in [6, 6.07) is 0. The van der Waals surface area contributed by atoms with Crippen LogP contribution < -0.4 is 0 Å². The fraction of sp³-hybridized carbons (Fsp3) is 0.931. The molecule has 4 fully saturated rings. The second kappa shape index (κ2) is 9.17. The van der Waals surface area contributed by atoms with Gasteiger partial charge in [-0.25, -0.2) is 0 Å². The highest BCUT2D eigenvalue weighted by Crippen LogP contribution is 2.68. The molecule has 0 bridgehead atoms. The van der Waals surface area contributed by atoms with Crippen molar-refractivity contribution >= 4 is 20.1 Å². The molecule has 0 aromatic carbocycles. The van der Waals surface area contributed by atoms with Crippen LogP contribution >= 0.6 is 0 Å². The van der Waals surface area contributed by atoms with Gasteiger partial charge in [0.2, 0.25) is 5.78 Å². The summed E-state index contributed by atoms with van der Waals surface area (Å²) in [6.07, 6.45) is 6.68. The molecule has 0 aromatic heterocycles. The lowest BCUT2D eigenvalue weighted by Crippen LogP contribution is -2.63. The van der Waals surface area contributed by atoms with Crippen molar-refractivity contribution in [3.8, 4) is 0 Å². The average Bonchev–Trinajstić information content (AvgIpc) is 3.02. The van der Waals surface area contributed by atoms with Crippen molar-refractivity contribution in [1.82, 2.24) is 0 Å². The van der Waals surface area contributed by atoms with Crippen molar-refractivity contribution < 1.29 is 29.0 Å². The van der Waals surface area contributed by atoms with Crippen molar-refractivity contribution in [2.24, 2.45) is 34.5 Å². The topological polar surface area (TPSA) is 93.1 Å². The third-order valence-electron chi connectivity index (χ3n) is 11.8. The normalized spacial score (nSPS) is 44.8. The first-order chi connectivity index (χ1) is 16.5. The molecule has 0 heterocycles. The molecule has 0 amide bonds. The summed E-state index contributed by atoms with van der Waals surface area (Å²) in [5.74, 6) is 0.275. The molecule has 0 unspecified atom stereocenters. The van der Waals surface area contributed by atoms with Crippen molar-refractivity contribution in [3.63, 3.8) is 0 Å². The number of fused-ring (bicyclic) bond motifs is 5. The van der Waals surface area contributed by atoms with E-state index < -0.39 is 43.8 Å². The van der Waals surface area contributed by atoms with Gasteiger partial charge < -0.3 is 19.4 Å². The van der Waals surface area contributed by atoms with Gasteiger partial charge in [0.05, 0.1) is 6.10 Å². The Kier molecular flexibility index (Phi) is 7.19. The maximum atomic E-state index is 13.1. The Bertz CT molecular complexity index is 881. The highest BCUT2D eigenvalue weighted by atomic mass is 28.4. The minimum Gasteiger partial charge on any atom is -0.458 e. The number of aliphatic hydroxyl groups is 2. The van der Waals surface area contributed by atoms with E-state index in [1.165, 1.54) is 6.92 Å². The number of ether oxygens (including phenoxy) is 1. The Labute approximate surface area is 219 Å². The molecule has 2 N–H and O–H groups in total. The van der Waals surface area contributed by atoms with Gasteiger partial charge in [0.15, 0.2) is 14.9 Å². The molecule has 7 heteroatoms. The Hall–Kier alpha value is -0.763. The molecule has 0 spiro atoms. The maximum Gasteiger partial charge on any atom is 0.303 e. The van der Waals surface area contributed by atoms with Crippen LogP contribution in [0.15, 0.2) is 0 Å². The highest BCUT2D eigenvalue weighted by Gasteiger charge is 2.69. The maximum absolute atomic E-state index is 13.1. The number of Topliss-reactive ketones (excluding diaryl/α,β-unsaturated/α-hetero) is 1. The van der Waals surface area contributed by atoms with Crippen LogP contribution in [0.1, 0.15) is 92.9 Å². The Morgan fingerprint density at radius 3 is 2.33 bits per heavy atom. The molecule has 0 saturated heterocycles. The Balaban J connectivity index is 1.53. The number of rotatable bonds is 5. The number of ketones is 1. The van der Waals surface area contributed by atoms with Gasteiger partial charge in [0, 0.05) is 18.4 Å². The van der Waals surface area contributed by atoms with Gasteiger partial charge in [-0.1, -0.05) is 34.6 Å². The van der Waals surface area contributed by atoms with Crippen LogP contribution in [0.25, 0.3) is 0 Å². The molecular formula is C29H50O6Si. The van der Waals surface area contributed by atoms with Gasteiger partial charge in [-0.2, -0.15) is 0 Å². The highest BCUT2D eigenvalue weighted by molar-refractivity contribution is 6.74. The van der Waals surface area contributed by atoms with E-state index in [4.69, 9.17) is 9.16 Å². The van der Waals surface area contributed by atoms with Crippen LogP contribution in [-0.2, 0) is 18.8 Å². The molecule has 0 radical (unpaired) electrons. The predicted molar refractivity (Wildman–Crippen MR) is 142 cm³/mol. The third-order valence-corrected chi connectivity index (χ3v) is 16.4. The molecule has 4 saturated carbocycles. The van der Waals surface area contributed by atoms with Crippen LogP contribution in [0, 0.1) is 34.5 Å². The summed E-state index contributed by atoms with van der Waals surface area (Å²) in [5.41, 5.74) is -2.19. The SMILES string of the molecule is CC(=O)OCC(=O)[C@@]1(O)CC[C@H]2[C@@H]3CC[C@@H]4C[C@@H](O[Si](C)(C)C(C)(C)C)CC[C@]4(C)[C@H]3[C@@H](O)C[C@@]21C. The average molecular weight is 523 g/mol. The number of hydrogen-bond donors (Lipinski definition) is 2. The van der Waals surface area contributed by atoms with E-state index in [2.05, 4.69) is 40.8 Å². The monoisotopic (exact) mass is 522 g/mol. The van der Waals surface area contributed by atoms with Crippen LogP contribution in [0.3, 0.4) is 0 Å². The molecule has 6 nitrogen and oxygen atoms in total. The first-order valence-corrected chi connectivity index (χ1v) is 17.1. The molecule has 9 atom stereocenters. The van der Waals surface area contributed by atoms with Gasteiger partial charge >= 0.3 is 5.97 Å². The van der Waals surface area contributed by atoms with E-state index in [1.54, 1.807) is 0 Å². The van der Waals surface area contributed by atoms with Gasteiger partial charge in [-0.05, 0) is 98.6 Å². The molecule has 206 valence electrons. The first kappa shape index (κ1) is 28.3. The van der Waals surface area contributed by atoms with E-state index >= 15 is 0 Å². The summed E-state index contributed by atoms with van der Waals surface area (Å²) in [5, 5.41) is 23.6. The molecule has 4 rings (SSSR count). The molecule has 0 aliphatic heterocycles. The summed E-state index contributed by atoms with van der Waals surface area (Å²) in [4.78, 5) is 24.4. The minimum absolute atomic E-state index is 0.0550. The minimum atomic E-state index is -1.83. The summed E-state index contributed by atoms with van der Waals surface area (Å²) in [6.45, 7) is 16.8. The predicted octanol–water partition coefficient (Wildman–Crippen LogP) is 5.25. The second-order valence-electron chi connectivity index (χ2n) is 14.6. The first-order valence-electron chi connectivity index (χ1n) is 14.2. The number of esters is 1. The quantitative estimate of drug-likeness (QED) is 0.378. The van der Waals surface area contributed by atoms with Gasteiger partial charge in [-0.3, -0.25) is 9.59 Å². The standard InChI is InChI=1S/C29H50O6Si/c1-18(30)34-17-24(32)29(33)14-12-22-21-10-9-19-15-20(35-36(7,8)26(2,3)4)11-13-27(19,5)25(21)23(31)16-28(22,29)6/h19-23,25,31,33H,9-17H2,1-8H3/t19-,20+,21+,22+,23+,25-,27+,28+,29+/m1/s1. The van der Waals surface area contributed by atoms with Gasteiger partial charge in [0.25, 0.3) is 0 Å². The summed E-state index contributed by atoms with van der Waals surface area (Å²) in [7, 11) is -1.83. The zero-order chi connectivity index (χ0) is 26.9. The number of carbonyl (C=O) groups is 2. The van der Waals surface area contributed by atoms with E-state index in [9.17, 15) is 19.8 Å². The van der Waals surface area contributed by atoms with E-state index in [-0.39, 0.29) is 22.3 Å². The number of hydrogen-bond acceptors (Lipinski definition) is 6. The zero-order valence-corrected chi connectivity index (χ0v) is 24.9. The second-order valence-corrected chi connectivity index (χ2v) is 19.4. The van der Waals surface area contributed by atoms with Crippen LogP contribution in [0.5, 0.6) is 0 Å². The number of carbonyl (C=O) groups excluding carboxylic acids is 2. The van der Waals surface area contributed by atoms with E-state index in [1.807, 2.05) is 6.92 Å². The van der Waals surface area contributed by atoms with Crippen molar-refractivity contribution in [1.29, 1.82) is 0 Å². The Morgan fingerprint density at radius 1 is 1.06 bits per heavy atom. The fourth-order valence-corrected chi connectivity index (χ4v) is 10.2. The zero-order valence-electron chi connectivity index (χ0n) is 23.9. The van der Waals surface area contributed by atoms with Crippen LogP contribution in [0.2, 0.25) is 18.1 Å². The van der Waals surface area contributed by atoms with Crippen molar-refractivity contribution in [2.45, 2.75) is 129 Å². The van der Waals surface area contributed by atoms with Crippen LogP contribution in [0.4, 0.5) is 0 Å². The smallest absolute Gasteiger partial charge is 0.303 e. The van der Waals surface area contributed by atoms with Gasteiger partial charge in [-0.15, -0.1) is 0 Å². The van der Waals surface area contributed by atoms with Crippen molar-refractivity contribution in [2.75, 3.05) is 6.61 Å². The Morgan fingerprint density at radius 2 is 1.72 bits per heavy atom. The summed E-state index contributed by atoms with van der Waals surface area (Å²) < 4.78 is 11.8. The lowest BCUT2D eigenvalue weighted by Gasteiger charge is -2.63. The fourth-order valence-electron chi connectivity index (χ4n) is 8.79. The molecule has 4 aliphatic rings. The van der Waals surface area contributed by atoms with E-state index in [0.717, 1.165) is 38.5 Å². The number of aliphatic hydroxyl groups excluding tert-OH is 1. The molecule has 36 heavy (non-hydrogen) atoms. The molecule has 0 aromatic rings. The largest absolute Gasteiger partial charge is 0.458 e. The molecular weight excluding hydrogens is 472 g/mol. The van der Waals surface area contributed by atoms with E-state index in [0.29, 0.717) is 30.8 Å². The lowest BCUT2D eigenvalue weighted by atomic mass is 9.43. The van der Waals surface area contributed by atoms with Crippen molar-refractivity contribution in [3.05, 3.63) is 0 Å².